The zero-order valence-corrected chi connectivity index (χ0v) is 9.66. The van der Waals surface area contributed by atoms with Gasteiger partial charge >= 0.3 is 6.18 Å². The third-order valence-electron chi connectivity index (χ3n) is 1.91. The Balaban J connectivity index is 2.16. The molecule has 0 bridgehead atoms. The van der Waals surface area contributed by atoms with Gasteiger partial charge in [0.25, 0.3) is 0 Å². The number of hydrogen-bond donors (Lipinski definition) is 1. The third kappa shape index (κ3) is 3.10. The molecule has 0 fully saturated rings. The first-order valence-corrected chi connectivity index (χ1v) is 5.56. The molecule has 0 aliphatic carbocycles. The minimum atomic E-state index is -4.39. The molecule has 18 heavy (non-hydrogen) atoms. The van der Waals surface area contributed by atoms with Crippen molar-refractivity contribution in [3.8, 4) is 0 Å². The van der Waals surface area contributed by atoms with Gasteiger partial charge in [0.05, 0.1) is 5.56 Å². The second kappa shape index (κ2) is 4.81. The highest BCUT2D eigenvalue weighted by Gasteiger charge is 2.30. The van der Waals surface area contributed by atoms with E-state index in [0.717, 1.165) is 24.0 Å². The Kier molecular flexibility index (Phi) is 3.37. The van der Waals surface area contributed by atoms with Gasteiger partial charge in [0.15, 0.2) is 5.16 Å². The highest BCUT2D eigenvalue weighted by molar-refractivity contribution is 7.99. The smallest absolute Gasteiger partial charge is 0.384 e. The number of aromatic nitrogens is 3. The number of halogens is 3. The van der Waals surface area contributed by atoms with Gasteiger partial charge in [0, 0.05) is 12.4 Å². The molecule has 8 heteroatoms. The monoisotopic (exact) mass is 272 g/mol. The first-order valence-electron chi connectivity index (χ1n) is 4.75. The Bertz CT molecular complexity index is 542. The van der Waals surface area contributed by atoms with Crippen LogP contribution in [0, 0.1) is 0 Å². The van der Waals surface area contributed by atoms with E-state index in [9.17, 15) is 13.2 Å². The zero-order valence-electron chi connectivity index (χ0n) is 8.85. The van der Waals surface area contributed by atoms with Crippen LogP contribution in [0.1, 0.15) is 5.56 Å². The topological polar surface area (TPSA) is 64.7 Å². The van der Waals surface area contributed by atoms with Crippen LogP contribution in [-0.4, -0.2) is 15.0 Å². The lowest BCUT2D eigenvalue weighted by Crippen LogP contribution is -2.05. The van der Waals surface area contributed by atoms with Crippen molar-refractivity contribution >= 4 is 17.6 Å². The fourth-order valence-corrected chi connectivity index (χ4v) is 1.80. The summed E-state index contributed by atoms with van der Waals surface area (Å²) in [5.41, 5.74) is 4.67. The normalized spacial score (nSPS) is 11.5. The summed E-state index contributed by atoms with van der Waals surface area (Å²) in [5.74, 6) is 0.291. The highest BCUT2D eigenvalue weighted by Crippen LogP contribution is 2.30. The molecule has 0 saturated carbocycles. The molecule has 2 N–H and O–H groups in total. The maximum atomic E-state index is 12.3. The van der Waals surface area contributed by atoms with Crippen LogP contribution < -0.4 is 5.73 Å². The maximum Gasteiger partial charge on any atom is 0.417 e. The molecule has 2 aromatic rings. The van der Waals surface area contributed by atoms with Crippen LogP contribution in [0.25, 0.3) is 0 Å². The largest absolute Gasteiger partial charge is 0.417 e. The second-order valence-electron chi connectivity index (χ2n) is 3.25. The number of pyridine rings is 1. The fourth-order valence-electron chi connectivity index (χ4n) is 1.11. The molecule has 0 amide bonds. The first-order chi connectivity index (χ1) is 8.45. The molecule has 0 unspecified atom stereocenters. The van der Waals surface area contributed by atoms with Crippen molar-refractivity contribution in [1.29, 1.82) is 0 Å². The second-order valence-corrected chi connectivity index (χ2v) is 4.24. The summed E-state index contributed by atoms with van der Waals surface area (Å²) in [4.78, 5) is 11.5. The van der Waals surface area contributed by atoms with Crippen LogP contribution in [0.4, 0.5) is 19.0 Å². The van der Waals surface area contributed by atoms with Crippen molar-refractivity contribution < 1.29 is 13.2 Å². The molecule has 0 saturated heterocycles. The van der Waals surface area contributed by atoms with E-state index in [1.165, 1.54) is 18.3 Å². The molecule has 0 atom stereocenters. The van der Waals surface area contributed by atoms with Gasteiger partial charge in [-0.3, -0.25) is 0 Å². The number of nitrogens with zero attached hydrogens (tertiary/aromatic N) is 3. The number of nitrogens with two attached hydrogens (primary N) is 1. The van der Waals surface area contributed by atoms with E-state index in [1.807, 2.05) is 0 Å². The molecular formula is C10H7F3N4S. The Hall–Kier alpha value is -1.83. The van der Waals surface area contributed by atoms with E-state index in [1.54, 1.807) is 0 Å². The van der Waals surface area contributed by atoms with Gasteiger partial charge in [0.1, 0.15) is 10.8 Å². The lowest BCUT2D eigenvalue weighted by Gasteiger charge is -2.06. The molecule has 0 aliphatic heterocycles. The number of alkyl halides is 3. The van der Waals surface area contributed by atoms with Crippen molar-refractivity contribution in [3.05, 3.63) is 36.2 Å². The quantitative estimate of drug-likeness (QED) is 0.851. The summed E-state index contributed by atoms with van der Waals surface area (Å²) in [6, 6.07) is 3.74. The summed E-state index contributed by atoms with van der Waals surface area (Å²) >= 11 is 1.04. The Morgan fingerprint density at radius 2 is 1.89 bits per heavy atom. The minimum Gasteiger partial charge on any atom is -0.384 e. The first kappa shape index (κ1) is 12.6. The maximum absolute atomic E-state index is 12.3. The number of hydrogen-bond acceptors (Lipinski definition) is 5. The van der Waals surface area contributed by atoms with E-state index in [4.69, 9.17) is 5.73 Å². The van der Waals surface area contributed by atoms with E-state index >= 15 is 0 Å². The van der Waals surface area contributed by atoms with Crippen LogP contribution in [0.5, 0.6) is 0 Å². The summed E-state index contributed by atoms with van der Waals surface area (Å²) in [7, 11) is 0. The van der Waals surface area contributed by atoms with Crippen LogP contribution in [0.2, 0.25) is 0 Å². The van der Waals surface area contributed by atoms with Crippen LogP contribution in [-0.2, 0) is 6.18 Å². The fraction of sp³-hybridized carbons (Fsp3) is 0.100. The molecular weight excluding hydrogens is 265 g/mol. The molecule has 0 aromatic carbocycles. The van der Waals surface area contributed by atoms with Crippen LogP contribution in [0.3, 0.4) is 0 Å². The Morgan fingerprint density at radius 1 is 1.11 bits per heavy atom. The average molecular weight is 272 g/mol. The predicted molar refractivity (Wildman–Crippen MR) is 59.8 cm³/mol. The van der Waals surface area contributed by atoms with Crippen LogP contribution in [0.15, 0.2) is 40.8 Å². The predicted octanol–water partition coefficient (Wildman–Crippen LogP) is 2.62. The van der Waals surface area contributed by atoms with Gasteiger partial charge in [-0.1, -0.05) is 0 Å². The lowest BCUT2D eigenvalue weighted by molar-refractivity contribution is -0.137. The third-order valence-corrected chi connectivity index (χ3v) is 2.74. The summed E-state index contributed by atoms with van der Waals surface area (Å²) in [5, 5.41) is 0.704. The van der Waals surface area contributed by atoms with Gasteiger partial charge in [-0.15, -0.1) is 0 Å². The van der Waals surface area contributed by atoms with E-state index in [2.05, 4.69) is 15.0 Å². The molecule has 4 nitrogen and oxygen atoms in total. The summed E-state index contributed by atoms with van der Waals surface area (Å²) < 4.78 is 36.9. The molecule has 0 aliphatic rings. The number of anilines is 1. The molecule has 2 heterocycles. The zero-order chi connectivity index (χ0) is 13.2. The van der Waals surface area contributed by atoms with Crippen molar-refractivity contribution in [1.82, 2.24) is 15.0 Å². The molecule has 2 aromatic heterocycles. The van der Waals surface area contributed by atoms with Gasteiger partial charge in [-0.05, 0) is 30.0 Å². The standard InChI is InChI=1S/C10H7F3N4S/c11-10(12,13)6-1-2-8(16-5-6)18-9-15-4-3-7(14)17-9/h1-5H,(H2,14,15,17). The Morgan fingerprint density at radius 3 is 2.44 bits per heavy atom. The van der Waals surface area contributed by atoms with Crippen LogP contribution >= 0.6 is 11.8 Å². The van der Waals surface area contributed by atoms with Gasteiger partial charge < -0.3 is 5.73 Å². The van der Waals surface area contributed by atoms with E-state index < -0.39 is 11.7 Å². The van der Waals surface area contributed by atoms with Crippen molar-refractivity contribution in [2.75, 3.05) is 5.73 Å². The van der Waals surface area contributed by atoms with Gasteiger partial charge in [-0.2, -0.15) is 13.2 Å². The molecule has 94 valence electrons. The van der Waals surface area contributed by atoms with Gasteiger partial charge in [-0.25, -0.2) is 15.0 Å². The van der Waals surface area contributed by atoms with Crippen molar-refractivity contribution in [2.45, 2.75) is 16.4 Å². The summed E-state index contributed by atoms with van der Waals surface area (Å²) in [6.45, 7) is 0. The lowest BCUT2D eigenvalue weighted by atomic mass is 10.3. The average Bonchev–Trinajstić information content (AvgIpc) is 2.28. The molecule has 0 radical (unpaired) electrons. The van der Waals surface area contributed by atoms with E-state index in [-0.39, 0.29) is 0 Å². The molecule has 0 spiro atoms. The molecule has 2 rings (SSSR count). The summed E-state index contributed by atoms with van der Waals surface area (Å²) in [6.07, 6.45) is -2.15. The number of rotatable bonds is 2. The number of nitrogen functional groups attached to an aromatic ring is 1. The Labute approximate surface area is 104 Å². The SMILES string of the molecule is Nc1ccnc(Sc2ccc(C(F)(F)F)cn2)n1. The van der Waals surface area contributed by atoms with Crippen molar-refractivity contribution in [2.24, 2.45) is 0 Å². The highest BCUT2D eigenvalue weighted by atomic mass is 32.2. The van der Waals surface area contributed by atoms with Gasteiger partial charge in [0.2, 0.25) is 0 Å². The van der Waals surface area contributed by atoms with E-state index in [0.29, 0.717) is 16.0 Å². The van der Waals surface area contributed by atoms with Crippen molar-refractivity contribution in [3.63, 3.8) is 0 Å². The minimum absolute atomic E-state index is 0.291.